The molecule has 0 unspecified atom stereocenters. The van der Waals surface area contributed by atoms with Crippen molar-refractivity contribution in [3.8, 4) is 6.07 Å². The van der Waals surface area contributed by atoms with E-state index in [0.29, 0.717) is 19.8 Å². The number of rotatable bonds is 7. The minimum atomic E-state index is -0.329. The fourth-order valence-electron chi connectivity index (χ4n) is 1.44. The third kappa shape index (κ3) is 5.69. The predicted molar refractivity (Wildman–Crippen MR) is 76.8 cm³/mol. The minimum absolute atomic E-state index is 0.137. The second-order valence-electron chi connectivity index (χ2n) is 3.92. The minimum Gasteiger partial charge on any atom is -0.382 e. The summed E-state index contributed by atoms with van der Waals surface area (Å²) in [5.74, 6) is -0.329. The zero-order valence-electron chi connectivity index (χ0n) is 11.2. The van der Waals surface area contributed by atoms with Crippen molar-refractivity contribution < 1.29 is 9.53 Å². The number of aryl methyl sites for hydroxylation is 1. The van der Waals surface area contributed by atoms with Crippen LogP contribution in [0.4, 0.5) is 0 Å². The first-order chi connectivity index (χ1) is 9.17. The third-order valence-electron chi connectivity index (χ3n) is 2.37. The van der Waals surface area contributed by atoms with Crippen molar-refractivity contribution >= 4 is 23.3 Å². The van der Waals surface area contributed by atoms with Crippen LogP contribution in [0, 0.1) is 18.3 Å². The highest BCUT2D eigenvalue weighted by atomic mass is 32.1. The van der Waals surface area contributed by atoms with E-state index >= 15 is 0 Å². The number of amides is 1. The summed E-state index contributed by atoms with van der Waals surface area (Å²) >= 11 is 1.56. The summed E-state index contributed by atoms with van der Waals surface area (Å²) in [6.07, 6.45) is 2.37. The number of nitrogens with zero attached hydrogens (tertiary/aromatic N) is 1. The van der Waals surface area contributed by atoms with Crippen molar-refractivity contribution in [3.05, 3.63) is 27.5 Å². The molecule has 1 N–H and O–H groups in total. The molecule has 0 atom stereocenters. The highest BCUT2D eigenvalue weighted by Gasteiger charge is 2.08. The molecule has 19 heavy (non-hydrogen) atoms. The van der Waals surface area contributed by atoms with Crippen LogP contribution in [0.3, 0.4) is 0 Å². The Morgan fingerprint density at radius 2 is 2.37 bits per heavy atom. The first-order valence-corrected chi connectivity index (χ1v) is 7.03. The SMILES string of the molecule is CCOCCCNC(=O)/C(C#N)=C/c1ccc(C)s1. The summed E-state index contributed by atoms with van der Waals surface area (Å²) in [7, 11) is 0. The Hall–Kier alpha value is -1.64. The maximum atomic E-state index is 11.8. The summed E-state index contributed by atoms with van der Waals surface area (Å²) in [4.78, 5) is 13.8. The molecule has 0 radical (unpaired) electrons. The van der Waals surface area contributed by atoms with Crippen LogP contribution in [0.15, 0.2) is 17.7 Å². The van der Waals surface area contributed by atoms with Gasteiger partial charge in [-0.05, 0) is 38.5 Å². The van der Waals surface area contributed by atoms with Gasteiger partial charge in [-0.2, -0.15) is 5.26 Å². The number of nitrogens with one attached hydrogen (secondary N) is 1. The molecule has 1 aromatic rings. The molecule has 0 aliphatic rings. The summed E-state index contributed by atoms with van der Waals surface area (Å²) in [5.41, 5.74) is 0.137. The van der Waals surface area contributed by atoms with Gasteiger partial charge in [0, 0.05) is 29.5 Å². The van der Waals surface area contributed by atoms with Crippen LogP contribution in [-0.4, -0.2) is 25.7 Å². The second kappa shape index (κ2) is 8.46. The van der Waals surface area contributed by atoms with Gasteiger partial charge >= 0.3 is 0 Å². The van der Waals surface area contributed by atoms with Gasteiger partial charge in [-0.3, -0.25) is 4.79 Å². The van der Waals surface area contributed by atoms with Gasteiger partial charge in [-0.1, -0.05) is 0 Å². The zero-order valence-corrected chi connectivity index (χ0v) is 12.0. The van der Waals surface area contributed by atoms with Crippen LogP contribution in [0.25, 0.3) is 6.08 Å². The van der Waals surface area contributed by atoms with E-state index < -0.39 is 0 Å². The van der Waals surface area contributed by atoms with Gasteiger partial charge in [-0.15, -0.1) is 11.3 Å². The molecule has 1 aromatic heterocycles. The Morgan fingerprint density at radius 1 is 1.58 bits per heavy atom. The molecule has 102 valence electrons. The molecule has 0 bridgehead atoms. The van der Waals surface area contributed by atoms with Crippen molar-refractivity contribution in [1.29, 1.82) is 5.26 Å². The van der Waals surface area contributed by atoms with E-state index in [4.69, 9.17) is 10.00 Å². The Kier molecular flexibility index (Phi) is 6.86. The van der Waals surface area contributed by atoms with Crippen molar-refractivity contribution in [3.63, 3.8) is 0 Å². The molecule has 0 aliphatic heterocycles. The van der Waals surface area contributed by atoms with Crippen molar-refractivity contribution in [2.24, 2.45) is 0 Å². The number of carbonyl (C=O) groups is 1. The number of ether oxygens (including phenoxy) is 1. The average molecular weight is 278 g/mol. The molecule has 1 rings (SSSR count). The zero-order chi connectivity index (χ0) is 14.1. The highest BCUT2D eigenvalue weighted by Crippen LogP contribution is 2.18. The monoisotopic (exact) mass is 278 g/mol. The molecule has 5 heteroatoms. The van der Waals surface area contributed by atoms with Crippen LogP contribution >= 0.6 is 11.3 Å². The summed E-state index contributed by atoms with van der Waals surface area (Å²) < 4.78 is 5.17. The number of thiophene rings is 1. The Balaban J connectivity index is 2.49. The molecule has 0 aliphatic carbocycles. The molecule has 0 saturated carbocycles. The Labute approximate surface area is 117 Å². The van der Waals surface area contributed by atoms with Crippen LogP contribution < -0.4 is 5.32 Å². The summed E-state index contributed by atoms with van der Waals surface area (Å²) in [6.45, 7) is 5.73. The lowest BCUT2D eigenvalue weighted by atomic mass is 10.2. The third-order valence-corrected chi connectivity index (χ3v) is 3.32. The fraction of sp³-hybridized carbons (Fsp3) is 0.429. The normalized spacial score (nSPS) is 11.1. The van der Waals surface area contributed by atoms with E-state index in [1.165, 1.54) is 0 Å². The molecule has 0 aromatic carbocycles. The van der Waals surface area contributed by atoms with Crippen molar-refractivity contribution in [2.75, 3.05) is 19.8 Å². The maximum absolute atomic E-state index is 11.8. The lowest BCUT2D eigenvalue weighted by molar-refractivity contribution is -0.117. The van der Waals surface area contributed by atoms with E-state index in [2.05, 4.69) is 5.32 Å². The molecule has 0 spiro atoms. The topological polar surface area (TPSA) is 62.1 Å². The largest absolute Gasteiger partial charge is 0.382 e. The number of hydrogen-bond acceptors (Lipinski definition) is 4. The van der Waals surface area contributed by atoms with Crippen LogP contribution in [-0.2, 0) is 9.53 Å². The van der Waals surface area contributed by atoms with Crippen LogP contribution in [0.5, 0.6) is 0 Å². The smallest absolute Gasteiger partial charge is 0.261 e. The Bertz CT molecular complexity index is 486. The van der Waals surface area contributed by atoms with E-state index in [0.717, 1.165) is 16.2 Å². The first-order valence-electron chi connectivity index (χ1n) is 6.21. The standard InChI is InChI=1S/C14H18N2O2S/c1-3-18-8-4-7-16-14(17)12(10-15)9-13-6-5-11(2)19-13/h5-6,9H,3-4,7-8H2,1-2H3,(H,16,17)/b12-9+. The molecular weight excluding hydrogens is 260 g/mol. The van der Waals surface area contributed by atoms with E-state index in [9.17, 15) is 4.79 Å². The van der Waals surface area contributed by atoms with Gasteiger partial charge in [-0.25, -0.2) is 0 Å². The van der Waals surface area contributed by atoms with E-state index in [1.807, 2.05) is 32.0 Å². The highest BCUT2D eigenvalue weighted by molar-refractivity contribution is 7.12. The maximum Gasteiger partial charge on any atom is 0.261 e. The van der Waals surface area contributed by atoms with Gasteiger partial charge < -0.3 is 10.1 Å². The molecule has 0 fully saturated rings. The van der Waals surface area contributed by atoms with E-state index in [1.54, 1.807) is 17.4 Å². The molecule has 1 heterocycles. The number of carbonyl (C=O) groups excluding carboxylic acids is 1. The van der Waals surface area contributed by atoms with Crippen molar-refractivity contribution in [1.82, 2.24) is 5.32 Å². The lowest BCUT2D eigenvalue weighted by Crippen LogP contribution is -2.26. The lowest BCUT2D eigenvalue weighted by Gasteiger charge is -2.04. The van der Waals surface area contributed by atoms with E-state index in [-0.39, 0.29) is 11.5 Å². The van der Waals surface area contributed by atoms with Gasteiger partial charge in [0.25, 0.3) is 5.91 Å². The quantitative estimate of drug-likeness (QED) is 0.473. The van der Waals surface area contributed by atoms with Gasteiger partial charge in [0.1, 0.15) is 11.6 Å². The second-order valence-corrected chi connectivity index (χ2v) is 5.24. The van der Waals surface area contributed by atoms with Gasteiger partial charge in [0.05, 0.1) is 0 Å². The Morgan fingerprint density at radius 3 is 2.95 bits per heavy atom. The van der Waals surface area contributed by atoms with Crippen molar-refractivity contribution in [2.45, 2.75) is 20.3 Å². The summed E-state index contributed by atoms with van der Waals surface area (Å²) in [6, 6.07) is 5.80. The predicted octanol–water partition coefficient (Wildman–Crippen LogP) is 2.51. The molecule has 0 saturated heterocycles. The first kappa shape index (κ1) is 15.4. The molecule has 1 amide bonds. The average Bonchev–Trinajstić information content (AvgIpc) is 2.81. The van der Waals surface area contributed by atoms with Crippen LogP contribution in [0.2, 0.25) is 0 Å². The molecular formula is C14H18N2O2S. The number of hydrogen-bond donors (Lipinski definition) is 1. The van der Waals surface area contributed by atoms with Gasteiger partial charge in [0.2, 0.25) is 0 Å². The molecule has 4 nitrogen and oxygen atoms in total. The number of nitriles is 1. The summed E-state index contributed by atoms with van der Waals surface area (Å²) in [5, 5.41) is 11.7. The van der Waals surface area contributed by atoms with Crippen LogP contribution in [0.1, 0.15) is 23.1 Å². The fourth-order valence-corrected chi connectivity index (χ4v) is 2.26. The van der Waals surface area contributed by atoms with Gasteiger partial charge in [0.15, 0.2) is 0 Å².